The molecule has 0 aliphatic carbocycles. The standard InChI is InChI=1S/C12H18BrClOS/c1-7(12(2,3)4)5-9(15)10-6-8(14)11(13)16-10/h6-7,9,15H,5H2,1-4H3. The molecule has 1 heterocycles. The third-order valence-electron chi connectivity index (χ3n) is 3.05. The van der Waals surface area contributed by atoms with E-state index < -0.39 is 6.10 Å². The Bertz CT molecular complexity index is 337. The van der Waals surface area contributed by atoms with Crippen LogP contribution in [0.2, 0.25) is 5.02 Å². The molecule has 16 heavy (non-hydrogen) atoms. The molecular weight excluding hydrogens is 308 g/mol. The van der Waals surface area contributed by atoms with Gasteiger partial charge in [-0.05, 0) is 39.8 Å². The van der Waals surface area contributed by atoms with Crippen molar-refractivity contribution in [3.63, 3.8) is 0 Å². The smallest absolute Gasteiger partial charge is 0.0888 e. The number of halogens is 2. The summed E-state index contributed by atoms with van der Waals surface area (Å²) in [5.74, 6) is 0.460. The zero-order valence-electron chi connectivity index (χ0n) is 10.1. The summed E-state index contributed by atoms with van der Waals surface area (Å²) in [4.78, 5) is 0.938. The van der Waals surface area contributed by atoms with Crippen LogP contribution < -0.4 is 0 Å². The molecular formula is C12H18BrClOS. The largest absolute Gasteiger partial charge is 0.388 e. The van der Waals surface area contributed by atoms with Gasteiger partial charge in [0.25, 0.3) is 0 Å². The Balaban J connectivity index is 2.69. The van der Waals surface area contributed by atoms with Gasteiger partial charge in [-0.1, -0.05) is 39.3 Å². The highest BCUT2D eigenvalue weighted by Crippen LogP contribution is 2.39. The van der Waals surface area contributed by atoms with Crippen molar-refractivity contribution >= 4 is 38.9 Å². The molecule has 1 nitrogen and oxygen atoms in total. The zero-order chi connectivity index (χ0) is 12.5. The highest BCUT2D eigenvalue weighted by Gasteiger charge is 2.24. The summed E-state index contributed by atoms with van der Waals surface area (Å²) in [5.41, 5.74) is 0.221. The summed E-state index contributed by atoms with van der Waals surface area (Å²) in [6.45, 7) is 8.76. The molecule has 0 amide bonds. The normalized spacial score (nSPS) is 16.2. The maximum absolute atomic E-state index is 10.1. The molecule has 4 heteroatoms. The monoisotopic (exact) mass is 324 g/mol. The van der Waals surface area contributed by atoms with Gasteiger partial charge in [-0.25, -0.2) is 0 Å². The predicted octanol–water partition coefficient (Wildman–Crippen LogP) is 5.27. The lowest BCUT2D eigenvalue weighted by Crippen LogP contribution is -2.19. The first-order valence-electron chi connectivity index (χ1n) is 5.34. The van der Waals surface area contributed by atoms with Crippen LogP contribution in [-0.2, 0) is 0 Å². The van der Waals surface area contributed by atoms with Crippen LogP contribution in [0.1, 0.15) is 45.1 Å². The quantitative estimate of drug-likeness (QED) is 0.802. The van der Waals surface area contributed by atoms with Gasteiger partial charge in [0.15, 0.2) is 0 Å². The molecule has 0 spiro atoms. The second-order valence-corrected chi connectivity index (χ2v) is 8.10. The molecule has 1 N–H and O–H groups in total. The van der Waals surface area contributed by atoms with Crippen LogP contribution in [0.15, 0.2) is 9.85 Å². The molecule has 2 atom stereocenters. The van der Waals surface area contributed by atoms with E-state index in [1.165, 1.54) is 11.3 Å². The van der Waals surface area contributed by atoms with E-state index in [0.717, 1.165) is 15.1 Å². The van der Waals surface area contributed by atoms with Crippen LogP contribution in [0.4, 0.5) is 0 Å². The summed E-state index contributed by atoms with van der Waals surface area (Å²) in [6.07, 6.45) is 0.357. The second-order valence-electron chi connectivity index (χ2n) is 5.29. The first-order chi connectivity index (χ1) is 7.21. The Hall–Kier alpha value is 0.430. The second kappa shape index (κ2) is 5.38. The summed E-state index contributed by atoms with van der Waals surface area (Å²) >= 11 is 10.8. The molecule has 0 radical (unpaired) electrons. The van der Waals surface area contributed by atoms with Crippen LogP contribution in [0.25, 0.3) is 0 Å². The molecule has 1 aromatic rings. The maximum Gasteiger partial charge on any atom is 0.0888 e. The molecule has 0 aromatic carbocycles. The van der Waals surface area contributed by atoms with Gasteiger partial charge in [-0.3, -0.25) is 0 Å². The molecule has 0 saturated carbocycles. The highest BCUT2D eigenvalue weighted by molar-refractivity contribution is 9.11. The molecule has 0 bridgehead atoms. The lowest BCUT2D eigenvalue weighted by atomic mass is 9.79. The minimum absolute atomic E-state index is 0.221. The minimum atomic E-state index is -0.414. The molecule has 0 saturated heterocycles. The molecule has 92 valence electrons. The van der Waals surface area contributed by atoms with Crippen molar-refractivity contribution in [2.45, 2.75) is 40.2 Å². The number of aliphatic hydroxyl groups excluding tert-OH is 1. The minimum Gasteiger partial charge on any atom is -0.388 e. The SMILES string of the molecule is CC(CC(O)c1cc(Cl)c(Br)s1)C(C)(C)C. The molecule has 1 rings (SSSR count). The van der Waals surface area contributed by atoms with Crippen LogP contribution in [0, 0.1) is 11.3 Å². The van der Waals surface area contributed by atoms with Crippen molar-refractivity contribution in [1.82, 2.24) is 0 Å². The highest BCUT2D eigenvalue weighted by atomic mass is 79.9. The van der Waals surface area contributed by atoms with Crippen LogP contribution in [0.5, 0.6) is 0 Å². The van der Waals surface area contributed by atoms with Crippen LogP contribution in [-0.4, -0.2) is 5.11 Å². The lowest BCUT2D eigenvalue weighted by molar-refractivity contribution is 0.113. The maximum atomic E-state index is 10.1. The Morgan fingerprint density at radius 3 is 2.44 bits per heavy atom. The van der Waals surface area contributed by atoms with Gasteiger partial charge >= 0.3 is 0 Å². The molecule has 0 fully saturated rings. The Labute approximate surface area is 115 Å². The van der Waals surface area contributed by atoms with E-state index in [1.807, 2.05) is 6.07 Å². The average molecular weight is 326 g/mol. The van der Waals surface area contributed by atoms with E-state index in [1.54, 1.807) is 0 Å². The summed E-state index contributed by atoms with van der Waals surface area (Å²) < 4.78 is 0.895. The van der Waals surface area contributed by atoms with E-state index in [2.05, 4.69) is 43.6 Å². The molecule has 0 aliphatic heterocycles. The van der Waals surface area contributed by atoms with Gasteiger partial charge in [0.2, 0.25) is 0 Å². The van der Waals surface area contributed by atoms with Gasteiger partial charge in [-0.2, -0.15) is 0 Å². The van der Waals surface area contributed by atoms with Crippen molar-refractivity contribution in [3.05, 3.63) is 19.8 Å². The van der Waals surface area contributed by atoms with Gasteiger partial charge in [0.05, 0.1) is 14.9 Å². The Morgan fingerprint density at radius 1 is 1.50 bits per heavy atom. The predicted molar refractivity (Wildman–Crippen MR) is 75.2 cm³/mol. The molecule has 0 aliphatic rings. The van der Waals surface area contributed by atoms with Crippen LogP contribution >= 0.6 is 38.9 Å². The van der Waals surface area contributed by atoms with Gasteiger partial charge < -0.3 is 5.11 Å². The van der Waals surface area contributed by atoms with E-state index in [4.69, 9.17) is 11.6 Å². The van der Waals surface area contributed by atoms with Crippen LogP contribution in [0.3, 0.4) is 0 Å². The molecule has 1 aromatic heterocycles. The molecule has 2 unspecified atom stereocenters. The van der Waals surface area contributed by atoms with Crippen molar-refractivity contribution in [1.29, 1.82) is 0 Å². The van der Waals surface area contributed by atoms with E-state index in [0.29, 0.717) is 10.9 Å². The average Bonchev–Trinajstić information content (AvgIpc) is 2.45. The van der Waals surface area contributed by atoms with E-state index in [-0.39, 0.29) is 5.41 Å². The Morgan fingerprint density at radius 2 is 2.06 bits per heavy atom. The fraction of sp³-hybridized carbons (Fsp3) is 0.667. The number of rotatable bonds is 3. The van der Waals surface area contributed by atoms with Crippen molar-refractivity contribution in [2.75, 3.05) is 0 Å². The topological polar surface area (TPSA) is 20.2 Å². The summed E-state index contributed by atoms with van der Waals surface area (Å²) in [7, 11) is 0. The van der Waals surface area contributed by atoms with E-state index in [9.17, 15) is 5.11 Å². The van der Waals surface area contributed by atoms with E-state index >= 15 is 0 Å². The fourth-order valence-corrected chi connectivity index (χ4v) is 3.08. The summed E-state index contributed by atoms with van der Waals surface area (Å²) in [6, 6.07) is 1.84. The Kier molecular flexibility index (Phi) is 4.88. The van der Waals surface area contributed by atoms with Crippen molar-refractivity contribution in [3.8, 4) is 0 Å². The van der Waals surface area contributed by atoms with Gasteiger partial charge in [0.1, 0.15) is 0 Å². The number of hydrogen-bond donors (Lipinski definition) is 1. The number of hydrogen-bond acceptors (Lipinski definition) is 2. The summed E-state index contributed by atoms with van der Waals surface area (Å²) in [5, 5.41) is 10.8. The van der Waals surface area contributed by atoms with Crippen molar-refractivity contribution in [2.24, 2.45) is 11.3 Å². The fourth-order valence-electron chi connectivity index (χ4n) is 1.33. The third-order valence-corrected chi connectivity index (χ3v) is 5.62. The zero-order valence-corrected chi connectivity index (χ0v) is 13.2. The van der Waals surface area contributed by atoms with Gasteiger partial charge in [-0.15, -0.1) is 11.3 Å². The number of thiophene rings is 1. The van der Waals surface area contributed by atoms with Crippen molar-refractivity contribution < 1.29 is 5.11 Å². The number of aliphatic hydroxyl groups is 1. The third kappa shape index (κ3) is 3.73. The van der Waals surface area contributed by atoms with Gasteiger partial charge in [0, 0.05) is 4.88 Å². The first kappa shape index (κ1) is 14.5. The first-order valence-corrected chi connectivity index (χ1v) is 7.33. The lowest BCUT2D eigenvalue weighted by Gasteiger charge is -2.28.